The maximum absolute atomic E-state index is 4.61. The lowest BCUT2D eigenvalue weighted by Crippen LogP contribution is -2.26. The second kappa shape index (κ2) is 7.30. The summed E-state index contributed by atoms with van der Waals surface area (Å²) in [5.41, 5.74) is 1.18. The molecule has 92 valence electrons. The minimum atomic E-state index is 0.549. The second-order valence-electron chi connectivity index (χ2n) is 4.40. The zero-order valence-electron chi connectivity index (χ0n) is 10.6. The third-order valence-electron chi connectivity index (χ3n) is 2.45. The molecule has 4 heteroatoms. The number of aromatic nitrogens is 1. The molecule has 0 saturated heterocycles. The second-order valence-corrected chi connectivity index (χ2v) is 6.27. The fourth-order valence-corrected chi connectivity index (χ4v) is 2.77. The van der Waals surface area contributed by atoms with Crippen molar-refractivity contribution in [3.8, 4) is 0 Å². The lowest BCUT2D eigenvalue weighted by Gasteiger charge is -2.11. The summed E-state index contributed by atoms with van der Waals surface area (Å²) in [5, 5.41) is 6.93. The van der Waals surface area contributed by atoms with Crippen LogP contribution in [0.25, 0.3) is 0 Å². The van der Waals surface area contributed by atoms with Crippen LogP contribution in [0, 0.1) is 0 Å². The minimum absolute atomic E-state index is 0.549. The molecular formula is C12H22N2S2. The van der Waals surface area contributed by atoms with Gasteiger partial charge in [-0.1, -0.05) is 13.8 Å². The van der Waals surface area contributed by atoms with Crippen LogP contribution in [0.15, 0.2) is 5.38 Å². The summed E-state index contributed by atoms with van der Waals surface area (Å²) >= 11 is 3.68. The van der Waals surface area contributed by atoms with E-state index in [0.717, 1.165) is 6.54 Å². The number of rotatable bonds is 7. The molecule has 1 heterocycles. The van der Waals surface area contributed by atoms with Crippen molar-refractivity contribution in [2.45, 2.75) is 45.7 Å². The minimum Gasteiger partial charge on any atom is -0.309 e. The van der Waals surface area contributed by atoms with Crippen LogP contribution in [0.4, 0.5) is 0 Å². The molecule has 1 unspecified atom stereocenters. The highest BCUT2D eigenvalue weighted by Crippen LogP contribution is 2.19. The molecule has 1 atom stereocenters. The van der Waals surface area contributed by atoms with Crippen LogP contribution in [-0.2, 0) is 6.54 Å². The molecule has 0 aliphatic carbocycles. The third kappa shape index (κ3) is 4.85. The van der Waals surface area contributed by atoms with E-state index in [0.29, 0.717) is 12.0 Å². The van der Waals surface area contributed by atoms with E-state index in [2.05, 4.69) is 42.7 Å². The first kappa shape index (κ1) is 14.0. The smallest absolute Gasteiger partial charge is 0.0954 e. The van der Waals surface area contributed by atoms with Crippen molar-refractivity contribution in [1.82, 2.24) is 10.3 Å². The normalized spacial score (nSPS) is 13.3. The molecule has 0 radical (unpaired) electrons. The molecule has 0 aromatic carbocycles. The molecule has 0 spiro atoms. The fraction of sp³-hybridized carbons (Fsp3) is 0.750. The largest absolute Gasteiger partial charge is 0.309 e. The first-order chi connectivity index (χ1) is 7.63. The predicted molar refractivity (Wildman–Crippen MR) is 75.5 cm³/mol. The van der Waals surface area contributed by atoms with Gasteiger partial charge in [-0.25, -0.2) is 4.98 Å². The summed E-state index contributed by atoms with van der Waals surface area (Å²) in [6.07, 6.45) is 3.38. The number of nitrogens with zero attached hydrogens (tertiary/aromatic N) is 1. The van der Waals surface area contributed by atoms with Gasteiger partial charge in [0.2, 0.25) is 0 Å². The number of nitrogens with one attached hydrogen (secondary N) is 1. The molecular weight excluding hydrogens is 236 g/mol. The molecule has 1 N–H and O–H groups in total. The van der Waals surface area contributed by atoms with Gasteiger partial charge in [-0.2, -0.15) is 11.8 Å². The molecule has 1 rings (SSSR count). The third-order valence-corrected chi connectivity index (χ3v) is 4.29. The van der Waals surface area contributed by atoms with E-state index in [-0.39, 0.29) is 0 Å². The van der Waals surface area contributed by atoms with Crippen molar-refractivity contribution in [2.24, 2.45) is 0 Å². The molecule has 2 nitrogen and oxygen atoms in total. The number of hydrogen-bond acceptors (Lipinski definition) is 4. The molecule has 0 fully saturated rings. The van der Waals surface area contributed by atoms with Crippen molar-refractivity contribution >= 4 is 23.1 Å². The zero-order valence-corrected chi connectivity index (χ0v) is 12.3. The summed E-state index contributed by atoms with van der Waals surface area (Å²) in [4.78, 5) is 4.61. The molecule has 0 aliphatic rings. The van der Waals surface area contributed by atoms with E-state index < -0.39 is 0 Å². The van der Waals surface area contributed by atoms with Gasteiger partial charge in [0.05, 0.1) is 10.7 Å². The zero-order chi connectivity index (χ0) is 12.0. The Hall–Kier alpha value is -0.0600. The lowest BCUT2D eigenvalue weighted by molar-refractivity contribution is 0.532. The van der Waals surface area contributed by atoms with E-state index >= 15 is 0 Å². The van der Waals surface area contributed by atoms with E-state index in [4.69, 9.17) is 0 Å². The van der Waals surface area contributed by atoms with Crippen molar-refractivity contribution in [1.29, 1.82) is 0 Å². The molecule has 1 aromatic rings. The average molecular weight is 258 g/mol. The SMILES string of the molecule is CSCCC(C)NCc1csc(C(C)C)n1. The Labute approximate surface area is 107 Å². The predicted octanol–water partition coefficient (Wildman–Crippen LogP) is 3.50. The molecule has 1 aromatic heterocycles. The summed E-state index contributed by atoms with van der Waals surface area (Å²) < 4.78 is 0. The molecule has 16 heavy (non-hydrogen) atoms. The maximum atomic E-state index is 4.61. The highest BCUT2D eigenvalue weighted by atomic mass is 32.2. The van der Waals surface area contributed by atoms with Crippen LogP contribution in [0.1, 0.15) is 43.8 Å². The topological polar surface area (TPSA) is 24.9 Å². The van der Waals surface area contributed by atoms with Crippen LogP contribution < -0.4 is 5.32 Å². The first-order valence-electron chi connectivity index (χ1n) is 5.80. The van der Waals surface area contributed by atoms with Gasteiger partial charge in [0.25, 0.3) is 0 Å². The van der Waals surface area contributed by atoms with Crippen LogP contribution in [0.5, 0.6) is 0 Å². The Kier molecular flexibility index (Phi) is 6.39. The van der Waals surface area contributed by atoms with Gasteiger partial charge < -0.3 is 5.32 Å². The Morgan fingerprint density at radius 1 is 1.44 bits per heavy atom. The van der Waals surface area contributed by atoms with E-state index in [1.807, 2.05) is 11.8 Å². The van der Waals surface area contributed by atoms with E-state index in [9.17, 15) is 0 Å². The quantitative estimate of drug-likeness (QED) is 0.810. The molecule has 0 aliphatic heterocycles. The van der Waals surface area contributed by atoms with Gasteiger partial charge in [0.15, 0.2) is 0 Å². The van der Waals surface area contributed by atoms with Gasteiger partial charge in [0.1, 0.15) is 0 Å². The van der Waals surface area contributed by atoms with Crippen molar-refractivity contribution in [3.63, 3.8) is 0 Å². The number of thiazole rings is 1. The van der Waals surface area contributed by atoms with Crippen LogP contribution in [-0.4, -0.2) is 23.0 Å². The van der Waals surface area contributed by atoms with Crippen molar-refractivity contribution in [2.75, 3.05) is 12.0 Å². The first-order valence-corrected chi connectivity index (χ1v) is 8.07. The van der Waals surface area contributed by atoms with Gasteiger partial charge in [-0.15, -0.1) is 11.3 Å². The Balaban J connectivity index is 2.31. The molecule has 0 bridgehead atoms. The summed E-state index contributed by atoms with van der Waals surface area (Å²) in [6.45, 7) is 7.53. The van der Waals surface area contributed by atoms with Crippen LogP contribution in [0.2, 0.25) is 0 Å². The van der Waals surface area contributed by atoms with Gasteiger partial charge in [-0.05, 0) is 25.4 Å². The maximum Gasteiger partial charge on any atom is 0.0954 e. The molecule has 0 saturated carbocycles. The highest BCUT2D eigenvalue weighted by Gasteiger charge is 2.06. The number of hydrogen-bond donors (Lipinski definition) is 1. The number of thioether (sulfide) groups is 1. The van der Waals surface area contributed by atoms with Gasteiger partial charge in [0, 0.05) is 23.9 Å². The lowest BCUT2D eigenvalue weighted by atomic mass is 10.2. The van der Waals surface area contributed by atoms with E-state index in [1.165, 1.54) is 22.9 Å². The van der Waals surface area contributed by atoms with Crippen molar-refractivity contribution in [3.05, 3.63) is 16.1 Å². The standard InChI is InChI=1S/C12H22N2S2/c1-9(2)12-14-11(8-16-12)7-13-10(3)5-6-15-4/h8-10,13H,5-7H2,1-4H3. The Bertz CT molecular complexity index is 297. The summed E-state index contributed by atoms with van der Waals surface area (Å²) in [5.74, 6) is 1.77. The van der Waals surface area contributed by atoms with Gasteiger partial charge in [-0.3, -0.25) is 0 Å². The highest BCUT2D eigenvalue weighted by molar-refractivity contribution is 7.98. The average Bonchev–Trinajstić information content (AvgIpc) is 2.72. The van der Waals surface area contributed by atoms with E-state index in [1.54, 1.807) is 11.3 Å². The van der Waals surface area contributed by atoms with Crippen LogP contribution >= 0.6 is 23.1 Å². The van der Waals surface area contributed by atoms with Crippen LogP contribution in [0.3, 0.4) is 0 Å². The fourth-order valence-electron chi connectivity index (χ4n) is 1.34. The molecule has 0 amide bonds. The Morgan fingerprint density at radius 2 is 2.19 bits per heavy atom. The summed E-state index contributed by atoms with van der Waals surface area (Å²) in [7, 11) is 0. The monoisotopic (exact) mass is 258 g/mol. The van der Waals surface area contributed by atoms with Crippen molar-refractivity contribution < 1.29 is 0 Å². The summed E-state index contributed by atoms with van der Waals surface area (Å²) in [6, 6.07) is 0.580. The van der Waals surface area contributed by atoms with Gasteiger partial charge >= 0.3 is 0 Å². The Morgan fingerprint density at radius 3 is 2.75 bits per heavy atom.